The second-order valence-electron chi connectivity index (χ2n) is 10.3. The third-order valence-corrected chi connectivity index (χ3v) is 8.46. The van der Waals surface area contributed by atoms with Crippen molar-refractivity contribution in [3.05, 3.63) is 89.1 Å². The van der Waals surface area contributed by atoms with Gasteiger partial charge >= 0.3 is 0 Å². The zero-order valence-electron chi connectivity index (χ0n) is 21.8. The molecule has 2 amide bonds. The van der Waals surface area contributed by atoms with E-state index in [-0.39, 0.29) is 18.2 Å². The minimum atomic E-state index is -0.586. The number of fused-ring (bicyclic) bond motifs is 2. The van der Waals surface area contributed by atoms with Crippen molar-refractivity contribution in [2.45, 2.75) is 49.6 Å². The smallest absolute Gasteiger partial charge is 0.247 e. The molecule has 0 aliphatic carbocycles. The molecule has 7 nitrogen and oxygen atoms in total. The van der Waals surface area contributed by atoms with Gasteiger partial charge < -0.3 is 10.6 Å². The van der Waals surface area contributed by atoms with Crippen molar-refractivity contribution in [3.8, 4) is 0 Å². The number of imide groups is 1. The van der Waals surface area contributed by atoms with E-state index < -0.39 is 10.8 Å². The summed E-state index contributed by atoms with van der Waals surface area (Å²) in [7, 11) is 0. The molecule has 1 aromatic heterocycles. The molecule has 1 saturated heterocycles. The van der Waals surface area contributed by atoms with Gasteiger partial charge in [-0.15, -0.1) is 0 Å². The number of anilines is 2. The lowest BCUT2D eigenvalue weighted by Gasteiger charge is -2.39. The van der Waals surface area contributed by atoms with Crippen LogP contribution in [0, 0.1) is 13.8 Å². The van der Waals surface area contributed by atoms with Crippen molar-refractivity contribution in [1.82, 2.24) is 15.3 Å². The Morgan fingerprint density at radius 1 is 1.03 bits per heavy atom. The Labute approximate surface area is 236 Å². The van der Waals surface area contributed by atoms with Gasteiger partial charge in [-0.2, -0.15) is 0 Å². The maximum Gasteiger partial charge on any atom is 0.247 e. The van der Waals surface area contributed by atoms with Crippen LogP contribution in [0.2, 0.25) is 0 Å². The van der Waals surface area contributed by atoms with E-state index >= 15 is 0 Å². The fourth-order valence-corrected chi connectivity index (χ4v) is 6.65. The first kappa shape index (κ1) is 25.5. The Balaban J connectivity index is 1.38. The molecule has 196 valence electrons. The predicted octanol–water partition coefficient (Wildman–Crippen LogP) is 5.43. The normalized spacial score (nSPS) is 20.6. The third-order valence-electron chi connectivity index (χ3n) is 7.21. The summed E-state index contributed by atoms with van der Waals surface area (Å²) in [6, 6.07) is 21.4. The number of thiocarbonyl (C=S) groups is 1. The highest BCUT2D eigenvalue weighted by Gasteiger charge is 2.41. The molecule has 39 heavy (non-hydrogen) atoms. The Morgan fingerprint density at radius 2 is 1.77 bits per heavy atom. The third kappa shape index (κ3) is 4.77. The van der Waals surface area contributed by atoms with Gasteiger partial charge in [-0.3, -0.25) is 9.59 Å². The fraction of sp³-hybridized carbons (Fsp3) is 0.233. The Kier molecular flexibility index (Phi) is 6.35. The van der Waals surface area contributed by atoms with Gasteiger partial charge in [0.05, 0.1) is 22.4 Å². The molecular formula is C30H27N5O2S2. The highest BCUT2D eigenvalue weighted by molar-refractivity contribution is 8.00. The van der Waals surface area contributed by atoms with Gasteiger partial charge in [0.2, 0.25) is 11.8 Å². The number of hydrogen-bond acceptors (Lipinski definition) is 6. The predicted molar refractivity (Wildman–Crippen MR) is 159 cm³/mol. The van der Waals surface area contributed by atoms with Gasteiger partial charge in [0.1, 0.15) is 5.25 Å². The van der Waals surface area contributed by atoms with E-state index in [0.29, 0.717) is 22.4 Å². The molecule has 4 aromatic rings. The number of nitrogens with one attached hydrogen (secondary N) is 2. The number of carbonyl (C=O) groups excluding carboxylic acids is 2. The second-order valence-corrected chi connectivity index (χ2v) is 11.9. The standard InChI is InChI=1S/C30H27N5O2S2/c1-17-9-11-22-20(13-17)24(16-30(3)21-14-18(2)10-12-23(21)31-28(38)34-30)33-29(32-22)39-25-15-26(36)35(27(25)37)19-7-5-4-6-8-19/h4-14,25H,15-16H2,1-3H3,(H2,31,34,38)/t25-,30-/m1/s1. The molecular weight excluding hydrogens is 526 g/mol. The highest BCUT2D eigenvalue weighted by Crippen LogP contribution is 2.38. The summed E-state index contributed by atoms with van der Waals surface area (Å²) in [6.45, 7) is 6.25. The van der Waals surface area contributed by atoms with Crippen LogP contribution in [0.5, 0.6) is 0 Å². The zero-order chi connectivity index (χ0) is 27.3. The first-order valence-corrected chi connectivity index (χ1v) is 14.0. The topological polar surface area (TPSA) is 87.2 Å². The van der Waals surface area contributed by atoms with Crippen LogP contribution in [0.3, 0.4) is 0 Å². The van der Waals surface area contributed by atoms with E-state index in [2.05, 4.69) is 48.7 Å². The first-order chi connectivity index (χ1) is 18.7. The maximum atomic E-state index is 13.3. The van der Waals surface area contributed by atoms with Crippen LogP contribution in [0.1, 0.15) is 35.7 Å². The number of amides is 2. The average molecular weight is 554 g/mol. The zero-order valence-corrected chi connectivity index (χ0v) is 23.5. The number of aryl methyl sites for hydroxylation is 2. The minimum absolute atomic E-state index is 0.106. The average Bonchev–Trinajstić information content (AvgIpc) is 3.17. The molecule has 1 fully saturated rings. The van der Waals surface area contributed by atoms with Gasteiger partial charge in [0, 0.05) is 29.5 Å². The number of para-hydroxylation sites is 1. The number of thioether (sulfide) groups is 1. The van der Waals surface area contributed by atoms with Crippen molar-refractivity contribution >= 4 is 63.2 Å². The molecule has 3 aromatic carbocycles. The van der Waals surface area contributed by atoms with Crippen LogP contribution >= 0.6 is 24.0 Å². The molecule has 2 aliphatic heterocycles. The fourth-order valence-electron chi connectivity index (χ4n) is 5.31. The van der Waals surface area contributed by atoms with Crippen LogP contribution < -0.4 is 15.5 Å². The summed E-state index contributed by atoms with van der Waals surface area (Å²) in [5.41, 5.74) is 6.08. The lowest BCUT2D eigenvalue weighted by molar-refractivity contribution is -0.121. The number of carbonyl (C=O) groups is 2. The first-order valence-electron chi connectivity index (χ1n) is 12.8. The monoisotopic (exact) mass is 553 g/mol. The van der Waals surface area contributed by atoms with E-state index in [1.807, 2.05) is 37.3 Å². The molecule has 2 aliphatic rings. The minimum Gasteiger partial charge on any atom is -0.353 e. The maximum absolute atomic E-state index is 13.3. The van der Waals surface area contributed by atoms with E-state index in [1.165, 1.54) is 16.7 Å². The summed E-state index contributed by atoms with van der Waals surface area (Å²) >= 11 is 6.81. The van der Waals surface area contributed by atoms with Crippen molar-refractivity contribution in [2.24, 2.45) is 0 Å². The van der Waals surface area contributed by atoms with Gasteiger partial charge in [-0.25, -0.2) is 14.9 Å². The molecule has 0 saturated carbocycles. The molecule has 9 heteroatoms. The van der Waals surface area contributed by atoms with Gasteiger partial charge in [0.25, 0.3) is 0 Å². The molecule has 2 atom stereocenters. The van der Waals surface area contributed by atoms with Crippen molar-refractivity contribution in [2.75, 3.05) is 10.2 Å². The van der Waals surface area contributed by atoms with Crippen LogP contribution in [0.25, 0.3) is 10.9 Å². The summed E-state index contributed by atoms with van der Waals surface area (Å²) in [6.07, 6.45) is 0.657. The molecule has 0 unspecified atom stereocenters. The van der Waals surface area contributed by atoms with E-state index in [1.54, 1.807) is 12.1 Å². The van der Waals surface area contributed by atoms with Gasteiger partial charge in [0.15, 0.2) is 10.3 Å². The Bertz CT molecular complexity index is 1660. The second kappa shape index (κ2) is 9.73. The number of rotatable bonds is 5. The van der Waals surface area contributed by atoms with Crippen molar-refractivity contribution in [3.63, 3.8) is 0 Å². The summed E-state index contributed by atoms with van der Waals surface area (Å²) < 4.78 is 0. The number of benzene rings is 3. The molecule has 3 heterocycles. The molecule has 0 bridgehead atoms. The Morgan fingerprint density at radius 3 is 2.56 bits per heavy atom. The van der Waals surface area contributed by atoms with Gasteiger partial charge in [-0.05, 0) is 63.3 Å². The molecule has 6 rings (SSSR count). The summed E-state index contributed by atoms with van der Waals surface area (Å²) in [5, 5.41) is 8.17. The number of aromatic nitrogens is 2. The van der Waals surface area contributed by atoms with Crippen molar-refractivity contribution in [1.29, 1.82) is 0 Å². The van der Waals surface area contributed by atoms with E-state index in [9.17, 15) is 9.59 Å². The van der Waals surface area contributed by atoms with Crippen LogP contribution in [-0.2, 0) is 21.5 Å². The van der Waals surface area contributed by atoms with Crippen LogP contribution in [0.15, 0.2) is 71.9 Å². The number of nitrogens with zero attached hydrogens (tertiary/aromatic N) is 3. The summed E-state index contributed by atoms with van der Waals surface area (Å²) in [5.74, 6) is -0.459. The van der Waals surface area contributed by atoms with E-state index in [0.717, 1.165) is 39.0 Å². The van der Waals surface area contributed by atoms with Crippen LogP contribution in [-0.4, -0.2) is 32.1 Å². The molecule has 2 N–H and O–H groups in total. The lowest BCUT2D eigenvalue weighted by Crippen LogP contribution is -2.51. The van der Waals surface area contributed by atoms with Crippen molar-refractivity contribution < 1.29 is 9.59 Å². The van der Waals surface area contributed by atoms with Gasteiger partial charge in [-0.1, -0.05) is 59.3 Å². The quantitative estimate of drug-likeness (QED) is 0.192. The summed E-state index contributed by atoms with van der Waals surface area (Å²) in [4.78, 5) is 37.1. The molecule has 0 spiro atoms. The lowest BCUT2D eigenvalue weighted by atomic mass is 9.83. The Hall–Kier alpha value is -3.82. The molecule has 0 radical (unpaired) electrons. The van der Waals surface area contributed by atoms with E-state index in [4.69, 9.17) is 22.2 Å². The SMILES string of the molecule is Cc1ccc2c(c1)[C@@](C)(Cc1nc(S[C@@H]3CC(=O)N(c4ccccc4)C3=O)nc3ccc(C)cc13)NC(=S)N2. The highest BCUT2D eigenvalue weighted by atomic mass is 32.2. The number of hydrogen-bond donors (Lipinski definition) is 2. The largest absolute Gasteiger partial charge is 0.353 e. The van der Waals surface area contributed by atoms with Crippen LogP contribution in [0.4, 0.5) is 11.4 Å².